The molecule has 0 aliphatic heterocycles. The van der Waals surface area contributed by atoms with Gasteiger partial charge in [0.2, 0.25) is 35.4 Å². The minimum absolute atomic E-state index is 0.00209. The van der Waals surface area contributed by atoms with Crippen LogP contribution in [0.1, 0.15) is 148 Å². The predicted molar refractivity (Wildman–Crippen MR) is 426 cm³/mol. The quantitative estimate of drug-likeness (QED) is 0.00884. The molecule has 0 fully saturated rings. The average Bonchev–Trinajstić information content (AvgIpc) is 0.858. The van der Waals surface area contributed by atoms with Crippen molar-refractivity contribution in [2.24, 2.45) is 167 Å². The molecule has 0 unspecified atom stereocenters. The van der Waals surface area contributed by atoms with Crippen LogP contribution in [0.4, 0.5) is 4.79 Å². The molecular formula is C64H121N31O13S2. The summed E-state index contributed by atoms with van der Waals surface area (Å²) >= 11 is 8.22. The number of amides is 7. The normalized spacial score (nSPS) is 13.5. The number of primary amides is 1. The Labute approximate surface area is 650 Å². The minimum Gasteiger partial charge on any atom is -0.428 e. The molecule has 0 rings (SSSR count). The standard InChI is InChI=1S/C64H121N31O13S2/c1-2-40(96)27-35(11-3-19-82-56(66)67)52(103)91-41(15-7-23-86-60(74)75)46(97)28-36(12-4-20-83-57(68)69)53(104)92-42(16-8-24-87-61(76)77)47(98)29-37(13-5-21-84-58(70)71)54(105)93-43(17-9-25-88-62(78)79)48(99)30-38(14-6-22-85-59(72)73)55(106)94-44(18-10-26-89-63(80)81)49(100)31-39(32-109)51(102)90-34-108-64(107)95-45(33-110)50(65)101/h35-39,41-45,109-110H,2-34H2,1H3,(H2,65,101)(H,90,102)(H,91,103)(H,92,104)(H,93,105)(H,94,106)(H,95,107)(H4,66,67,82)(H4,68,69,83)(H4,70,71,84)(H4,72,73,85)(H4,74,75,86)(H4,76,77,87)(H4,78,79,88)(H4,80,81,89)/t35-,36-,37-,38-,39+,41+,42+,43+,44+,45+/m0/s1. The zero-order chi connectivity index (χ0) is 83.3. The van der Waals surface area contributed by atoms with Gasteiger partial charge in [0.15, 0.2) is 77.5 Å². The number of hydrogen-bond acceptors (Lipinski definition) is 23. The molecule has 110 heavy (non-hydrogen) atoms. The van der Waals surface area contributed by atoms with Crippen LogP contribution in [0.3, 0.4) is 0 Å². The molecule has 0 aliphatic carbocycles. The van der Waals surface area contributed by atoms with Gasteiger partial charge in [-0.25, -0.2) is 4.79 Å². The molecule has 0 spiro atoms. The third-order valence-electron chi connectivity index (χ3n) is 16.6. The van der Waals surface area contributed by atoms with E-state index in [2.05, 4.69) is 97.1 Å². The van der Waals surface area contributed by atoms with E-state index in [1.165, 1.54) is 0 Å². The number of ketones is 5. The van der Waals surface area contributed by atoms with Crippen molar-refractivity contribution in [1.29, 1.82) is 0 Å². The molecule has 0 aliphatic rings. The monoisotopic (exact) mass is 1600 g/mol. The highest BCUT2D eigenvalue weighted by Gasteiger charge is 2.36. The molecule has 622 valence electrons. The molecule has 10 atom stereocenters. The van der Waals surface area contributed by atoms with E-state index in [1.54, 1.807) is 6.92 Å². The van der Waals surface area contributed by atoms with E-state index in [0.717, 1.165) is 0 Å². The van der Waals surface area contributed by atoms with Gasteiger partial charge in [-0.15, -0.1) is 0 Å². The molecule has 0 aromatic heterocycles. The number of Topliss-reactive ketones (excluding diaryl/α,β-unsaturated/α-hetero) is 5. The highest BCUT2D eigenvalue weighted by Crippen LogP contribution is 2.24. The summed E-state index contributed by atoms with van der Waals surface area (Å²) in [5.74, 6) is -16.0. The topological polar surface area (TPSA) is 827 Å². The van der Waals surface area contributed by atoms with Crippen molar-refractivity contribution < 1.29 is 62.3 Å². The lowest BCUT2D eigenvalue weighted by molar-refractivity contribution is -0.136. The molecule has 0 heterocycles. The zero-order valence-electron chi connectivity index (χ0n) is 62.7. The van der Waals surface area contributed by atoms with Crippen LogP contribution in [0.5, 0.6) is 0 Å². The Bertz CT molecular complexity index is 3200. The lowest BCUT2D eigenvalue weighted by Gasteiger charge is -2.27. The summed E-state index contributed by atoms with van der Waals surface area (Å²) in [6.45, 7) is 1.000. The van der Waals surface area contributed by atoms with Gasteiger partial charge in [0, 0.05) is 126 Å². The summed E-state index contributed by atoms with van der Waals surface area (Å²) < 4.78 is 4.94. The van der Waals surface area contributed by atoms with E-state index in [0.29, 0.717) is 6.42 Å². The van der Waals surface area contributed by atoms with Crippen LogP contribution in [-0.4, -0.2) is 219 Å². The maximum absolute atomic E-state index is 15.1. The van der Waals surface area contributed by atoms with E-state index in [9.17, 15) is 47.9 Å². The summed E-state index contributed by atoms with van der Waals surface area (Å²) in [6.07, 6.45) is -2.85. The first-order valence-electron chi connectivity index (χ1n) is 35.9. The fraction of sp³-hybridized carbons (Fsp3) is 0.688. The van der Waals surface area contributed by atoms with Gasteiger partial charge in [0.1, 0.15) is 11.8 Å². The highest BCUT2D eigenvalue weighted by molar-refractivity contribution is 7.80. The maximum Gasteiger partial charge on any atom is 0.409 e. The maximum atomic E-state index is 15.1. The molecule has 0 saturated heterocycles. The first kappa shape index (κ1) is 99.3. The molecule has 0 aromatic rings. The number of nitrogens with one attached hydrogen (secondary N) is 6. The van der Waals surface area contributed by atoms with Crippen LogP contribution in [0.2, 0.25) is 0 Å². The zero-order valence-corrected chi connectivity index (χ0v) is 64.5. The SMILES string of the molecule is CCC(=O)C[C@H](CCCN=C(N)N)C(=O)N[C@H](CCCN=C(N)N)C(=O)C[C@H](CCCN=C(N)N)C(=O)N[C@H](CCCN=C(N)N)C(=O)C[C@H](CCCN=C(N)N)C(=O)N[C@H](CCCN=C(N)N)C(=O)C[C@H](CCCN=C(N)N)C(=O)N[C@H](CCCN=C(N)N)C(=O)C[C@H](CS)C(=O)NCOC(=O)N[C@H](CS)C(N)=O. The lowest BCUT2D eigenvalue weighted by atomic mass is 9.88. The first-order chi connectivity index (χ1) is 51.9. The van der Waals surface area contributed by atoms with Gasteiger partial charge in [0.05, 0.1) is 30.1 Å². The van der Waals surface area contributed by atoms with E-state index in [-0.39, 0.29) is 226 Å². The number of nitrogens with two attached hydrogens (primary N) is 17. The molecular weight excluding hydrogens is 1480 g/mol. The fourth-order valence-electron chi connectivity index (χ4n) is 10.8. The number of ether oxygens (including phenoxy) is 1. The Morgan fingerprint density at radius 2 is 0.536 bits per heavy atom. The van der Waals surface area contributed by atoms with Crippen LogP contribution in [-0.2, 0) is 57.5 Å². The predicted octanol–water partition coefficient (Wildman–Crippen LogP) is -7.85. The van der Waals surface area contributed by atoms with Crippen molar-refractivity contribution in [3.05, 3.63) is 0 Å². The van der Waals surface area contributed by atoms with Crippen LogP contribution in [0.15, 0.2) is 39.9 Å². The summed E-state index contributed by atoms with van der Waals surface area (Å²) in [5.41, 5.74) is 94.9. The Morgan fingerprint density at radius 3 is 0.755 bits per heavy atom. The van der Waals surface area contributed by atoms with Crippen LogP contribution in [0.25, 0.3) is 0 Å². The second-order valence-electron chi connectivity index (χ2n) is 25.7. The summed E-state index contributed by atoms with van der Waals surface area (Å²) in [5, 5.41) is 15.6. The van der Waals surface area contributed by atoms with Gasteiger partial charge < -0.3 is 134 Å². The number of alkyl carbamates (subject to hydrolysis) is 1. The van der Waals surface area contributed by atoms with Crippen molar-refractivity contribution in [3.63, 3.8) is 0 Å². The van der Waals surface area contributed by atoms with Crippen LogP contribution >= 0.6 is 25.3 Å². The van der Waals surface area contributed by atoms with Crippen LogP contribution < -0.4 is 129 Å². The average molecular weight is 1600 g/mol. The number of carbonyl (C=O) groups is 12. The Hall–Kier alpha value is -10.7. The molecule has 44 nitrogen and oxygen atoms in total. The smallest absolute Gasteiger partial charge is 0.409 e. The highest BCUT2D eigenvalue weighted by atomic mass is 32.1. The molecule has 0 bridgehead atoms. The second-order valence-corrected chi connectivity index (χ2v) is 26.4. The van der Waals surface area contributed by atoms with Gasteiger partial charge in [-0.3, -0.25) is 92.7 Å². The van der Waals surface area contributed by atoms with E-state index in [4.69, 9.17) is 102 Å². The van der Waals surface area contributed by atoms with Gasteiger partial charge in [-0.2, -0.15) is 25.3 Å². The number of thiol groups is 2. The first-order valence-corrected chi connectivity index (χ1v) is 37.2. The molecule has 40 N–H and O–H groups in total. The van der Waals surface area contributed by atoms with Crippen molar-refractivity contribution >= 4 is 143 Å². The third-order valence-corrected chi connectivity index (χ3v) is 17.4. The minimum atomic E-state index is -1.43. The molecule has 46 heteroatoms. The number of hydrogen-bond donors (Lipinski definition) is 25. The molecule has 0 aromatic carbocycles. The van der Waals surface area contributed by atoms with E-state index >= 15 is 9.59 Å². The summed E-state index contributed by atoms with van der Waals surface area (Å²) in [6, 6.07) is -6.63. The lowest BCUT2D eigenvalue weighted by Crippen LogP contribution is -2.49. The van der Waals surface area contributed by atoms with Gasteiger partial charge >= 0.3 is 6.09 Å². The van der Waals surface area contributed by atoms with Crippen molar-refractivity contribution in [2.75, 3.05) is 70.6 Å². The summed E-state index contributed by atoms with van der Waals surface area (Å²) in [7, 11) is 0. The van der Waals surface area contributed by atoms with Crippen molar-refractivity contribution in [3.8, 4) is 0 Å². The number of aliphatic imine (C=N–C) groups is 8. The molecule has 0 saturated carbocycles. The Kier molecular flexibility index (Phi) is 51.8. The largest absolute Gasteiger partial charge is 0.428 e. The molecule has 7 amide bonds. The van der Waals surface area contributed by atoms with Gasteiger partial charge in [-0.05, 0) is 103 Å². The number of nitrogens with zero attached hydrogens (tertiary/aromatic N) is 8. The Balaban J connectivity index is 7.87. The van der Waals surface area contributed by atoms with E-state index < -0.39 is 157 Å². The number of carbonyl (C=O) groups excluding carboxylic acids is 12. The molecule has 0 radical (unpaired) electrons. The van der Waals surface area contributed by atoms with Gasteiger partial charge in [-0.1, -0.05) is 6.92 Å². The van der Waals surface area contributed by atoms with Crippen LogP contribution in [0, 0.1) is 29.6 Å². The fourth-order valence-corrected chi connectivity index (χ4v) is 11.4. The van der Waals surface area contributed by atoms with Crippen molar-refractivity contribution in [1.82, 2.24) is 31.9 Å². The third kappa shape index (κ3) is 47.9. The second kappa shape index (κ2) is 57.4. The Morgan fingerprint density at radius 1 is 0.300 bits per heavy atom. The van der Waals surface area contributed by atoms with E-state index in [1.807, 2.05) is 0 Å². The summed E-state index contributed by atoms with van der Waals surface area (Å²) in [4.78, 5) is 200. The number of rotatable bonds is 62. The number of guanidine groups is 8. The van der Waals surface area contributed by atoms with Gasteiger partial charge in [0.25, 0.3) is 0 Å². The van der Waals surface area contributed by atoms with Crippen molar-refractivity contribution in [2.45, 2.75) is 178 Å².